The first-order chi connectivity index (χ1) is 61.7. The van der Waals surface area contributed by atoms with Crippen molar-refractivity contribution in [3.63, 3.8) is 0 Å². The molecule has 0 aliphatic rings. The fourth-order valence-corrected chi connectivity index (χ4v) is 20.9. The van der Waals surface area contributed by atoms with Gasteiger partial charge in [0.2, 0.25) is 0 Å². The first-order valence-electron chi connectivity index (χ1n) is 45.1. The fraction of sp³-hybridized carbons (Fsp3) is 0.248. The summed E-state index contributed by atoms with van der Waals surface area (Å²) in [5.74, 6) is 1.79. The van der Waals surface area contributed by atoms with E-state index in [1.165, 1.54) is 71.7 Å². The maximum absolute atomic E-state index is 4.70. The number of aromatic nitrogens is 8. The van der Waals surface area contributed by atoms with Gasteiger partial charge in [0.25, 0.3) is 0 Å². The molecule has 0 bridgehead atoms. The molecule has 0 saturated carbocycles. The number of hydrogen-bond acceptors (Lipinski definition) is 8. The Hall–Kier alpha value is -9.58. The Morgan fingerprint density at radius 2 is 0.474 bits per heavy atom. The van der Waals surface area contributed by atoms with Gasteiger partial charge >= 0.3 is 0 Å². The molecular formula is C117H130Ir4N8Si4-8. The molecular weight excluding hydrogens is 2400 g/mol. The van der Waals surface area contributed by atoms with E-state index in [-0.39, 0.29) is 80.4 Å². The Morgan fingerprint density at radius 1 is 0.256 bits per heavy atom. The van der Waals surface area contributed by atoms with Crippen LogP contribution < -0.4 is 20.7 Å². The molecule has 0 aliphatic carbocycles. The van der Waals surface area contributed by atoms with Crippen molar-refractivity contribution in [2.45, 2.75) is 186 Å². The zero-order valence-electron chi connectivity index (χ0n) is 81.8. The van der Waals surface area contributed by atoms with Crippen molar-refractivity contribution < 1.29 is 80.4 Å². The second-order valence-electron chi connectivity index (χ2n) is 37.3. The van der Waals surface area contributed by atoms with Crippen LogP contribution in [0.5, 0.6) is 0 Å². The van der Waals surface area contributed by atoms with E-state index in [0.717, 1.165) is 103 Å². The molecule has 8 heterocycles. The normalized spacial score (nSPS) is 10.9. The third-order valence-corrected chi connectivity index (χ3v) is 29.6. The van der Waals surface area contributed by atoms with E-state index < -0.39 is 32.3 Å². The van der Waals surface area contributed by atoms with Gasteiger partial charge in [-0.1, -0.05) is 220 Å². The molecule has 8 aromatic carbocycles. The summed E-state index contributed by atoms with van der Waals surface area (Å²) in [6.07, 6.45) is 19.1. The Labute approximate surface area is 856 Å². The number of nitrogens with zero attached hydrogens (tertiary/aromatic N) is 8. The zero-order valence-corrected chi connectivity index (χ0v) is 95.4. The molecule has 0 amide bonds. The minimum atomic E-state index is -1.35. The Kier molecular flexibility index (Phi) is 48.6. The van der Waals surface area contributed by atoms with E-state index >= 15 is 0 Å². The van der Waals surface area contributed by atoms with E-state index in [2.05, 4.69) is 336 Å². The van der Waals surface area contributed by atoms with Crippen LogP contribution in [0.25, 0.3) is 90.1 Å². The molecule has 0 spiro atoms. The number of pyridine rings is 8. The summed E-state index contributed by atoms with van der Waals surface area (Å²) in [6, 6.07) is 115. The molecule has 0 saturated heterocycles. The average molecular weight is 2530 g/mol. The van der Waals surface area contributed by atoms with Gasteiger partial charge in [0.1, 0.15) is 0 Å². The van der Waals surface area contributed by atoms with E-state index in [9.17, 15) is 0 Å². The van der Waals surface area contributed by atoms with Crippen LogP contribution in [-0.4, -0.2) is 72.2 Å². The summed E-state index contributed by atoms with van der Waals surface area (Å²) >= 11 is 0. The first kappa shape index (κ1) is 114. The molecule has 0 aliphatic heterocycles. The van der Waals surface area contributed by atoms with Crippen molar-refractivity contribution in [3.8, 4) is 90.1 Å². The smallest absolute Gasteiger partial charge is 0.0799 e. The molecule has 16 heteroatoms. The van der Waals surface area contributed by atoms with Crippen molar-refractivity contribution in [2.24, 2.45) is 5.92 Å². The summed E-state index contributed by atoms with van der Waals surface area (Å²) in [5, 5.41) is 5.93. The summed E-state index contributed by atoms with van der Waals surface area (Å²) in [7, 11) is -5.33. The third kappa shape index (κ3) is 37.2. The summed E-state index contributed by atoms with van der Waals surface area (Å²) in [6.45, 7) is 52.7. The zero-order chi connectivity index (χ0) is 93.1. The maximum Gasteiger partial charge on any atom is 0.0799 e. The minimum Gasteiger partial charge on any atom is -0.305 e. The van der Waals surface area contributed by atoms with Gasteiger partial charge in [-0.2, -0.15) is 0 Å². The van der Waals surface area contributed by atoms with Crippen LogP contribution in [0.15, 0.2) is 316 Å². The van der Waals surface area contributed by atoms with Gasteiger partial charge in [0.05, 0.1) is 32.3 Å². The molecule has 8 nitrogen and oxygen atoms in total. The van der Waals surface area contributed by atoms with E-state index in [0.29, 0.717) is 17.8 Å². The third-order valence-electron chi connectivity index (χ3n) is 21.4. The van der Waals surface area contributed by atoms with Crippen LogP contribution in [0.1, 0.15) is 111 Å². The number of aryl methyl sites for hydroxylation is 5. The van der Waals surface area contributed by atoms with E-state index in [4.69, 9.17) is 4.98 Å². The monoisotopic (exact) mass is 2530 g/mol. The number of benzene rings is 8. The van der Waals surface area contributed by atoms with Crippen molar-refractivity contribution in [2.75, 3.05) is 0 Å². The second kappa shape index (κ2) is 56.7. The standard InChI is InChI=1S/2C18H24NSi.C17H22NSi.C16H20NSi.4C12H10N.4Ir/c1-14(2)11-16-12-17(15-9-7-6-8-10-15)19-13-18(16)20(3,4)5;1-6-14(2)16-12-17(15-10-8-7-9-11-15)19-13-18(16)20(3,4)5;1-13(2)15-11-16(14-9-7-6-8-10-14)18-12-17(15)19(3,4)5;1-5-13-11-15(14-9-7-6-8-10-14)17-12-16(13)18(2,3)4;4*1-10-7-8-13-12(9-10)11-5-3-2-4-6-11;;;;/h6-9,12-14H,11H2,1-5H3;7-10,12-14H,6H2,1-5H3;6-9,11-13H,1-5H3;6-9,11-12H,5H2,1-4H3;4*2-5,7-9H,1H3;;;;/q8*-1;;;;. The van der Waals surface area contributed by atoms with Crippen LogP contribution in [-0.2, 0) is 93.3 Å². The van der Waals surface area contributed by atoms with Crippen LogP contribution >= 0.6 is 0 Å². The van der Waals surface area contributed by atoms with E-state index in [1.807, 2.05) is 219 Å². The SMILES string of the molecule is CC(C)Cc1cc(-c2[c-]cccc2)ncc1[Si](C)(C)C.CC(C)c1cc(-c2[c-]cccc2)ncc1[Si](C)(C)C.CCC(C)c1cc(-c2[c-]cccc2)ncc1[Si](C)(C)C.CCc1cc(-c2[c-]cccc2)ncc1[Si](C)(C)C.Cc1ccnc(-c2[c-]cccc2)c1.Cc1ccnc(-c2[c-]cccc2)c1.Cc1ccnc(-c2[c-]cccc2)c1.Cc1ccnc(-c2[c-]cccc2)c1.[Ir].[Ir].[Ir].[Ir]. The molecule has 16 aromatic rings. The number of hydrogen-bond donors (Lipinski definition) is 0. The largest absolute Gasteiger partial charge is 0.305 e. The molecule has 0 fully saturated rings. The van der Waals surface area contributed by atoms with Gasteiger partial charge in [0, 0.05) is 130 Å². The van der Waals surface area contributed by atoms with Crippen molar-refractivity contribution >= 4 is 53.0 Å². The van der Waals surface area contributed by atoms with Crippen molar-refractivity contribution in [3.05, 3.63) is 410 Å². The first-order valence-corrected chi connectivity index (χ1v) is 59.1. The van der Waals surface area contributed by atoms with Crippen molar-refractivity contribution in [1.82, 2.24) is 39.9 Å². The molecule has 0 N–H and O–H groups in total. The van der Waals surface area contributed by atoms with Crippen LogP contribution in [0, 0.1) is 82.1 Å². The maximum atomic E-state index is 4.70. The van der Waals surface area contributed by atoms with Gasteiger partial charge in [-0.25, -0.2) is 0 Å². The predicted octanol–water partition coefficient (Wildman–Crippen LogP) is 28.2. The minimum absolute atomic E-state index is 0. The summed E-state index contributed by atoms with van der Waals surface area (Å²) < 4.78 is 0. The van der Waals surface area contributed by atoms with Gasteiger partial charge in [-0.15, -0.1) is 287 Å². The molecule has 698 valence electrons. The Balaban J connectivity index is 0.000000269. The molecule has 1 atom stereocenters. The predicted molar refractivity (Wildman–Crippen MR) is 560 cm³/mol. The van der Waals surface area contributed by atoms with Crippen molar-refractivity contribution in [1.29, 1.82) is 0 Å². The molecule has 133 heavy (non-hydrogen) atoms. The summed E-state index contributed by atoms with van der Waals surface area (Å²) in [4.78, 5) is 35.8. The average Bonchev–Trinajstić information content (AvgIpc) is 0.800. The molecule has 16 rings (SSSR count). The molecule has 8 aromatic heterocycles. The molecule has 4 radical (unpaired) electrons. The van der Waals surface area contributed by atoms with Gasteiger partial charge in [-0.3, -0.25) is 0 Å². The van der Waals surface area contributed by atoms with Crippen LogP contribution in [0.4, 0.5) is 0 Å². The fourth-order valence-electron chi connectivity index (χ4n) is 14.3. The summed E-state index contributed by atoms with van der Waals surface area (Å²) in [5.41, 5.74) is 27.4. The van der Waals surface area contributed by atoms with Crippen LogP contribution in [0.3, 0.4) is 0 Å². The van der Waals surface area contributed by atoms with E-state index in [1.54, 1.807) is 0 Å². The second-order valence-corrected chi connectivity index (χ2v) is 57.4. The van der Waals surface area contributed by atoms with Gasteiger partial charge in [0.15, 0.2) is 0 Å². The van der Waals surface area contributed by atoms with Gasteiger partial charge in [-0.05, 0) is 155 Å². The van der Waals surface area contributed by atoms with Gasteiger partial charge < -0.3 is 39.9 Å². The number of rotatable bonds is 18. The quantitative estimate of drug-likeness (QED) is 0.0618. The topological polar surface area (TPSA) is 103 Å². The Bertz CT molecular complexity index is 5720. The Morgan fingerprint density at radius 3 is 0.684 bits per heavy atom. The molecule has 1 unspecified atom stereocenters. The van der Waals surface area contributed by atoms with Crippen LogP contribution in [0.2, 0.25) is 78.6 Å².